The van der Waals surface area contributed by atoms with E-state index in [9.17, 15) is 34.8 Å². The lowest BCUT2D eigenvalue weighted by molar-refractivity contribution is -0.116. The Kier molecular flexibility index (Phi) is 11.7. The number of pyridine rings is 1. The van der Waals surface area contributed by atoms with Crippen LogP contribution >= 0.6 is 0 Å². The Hall–Kier alpha value is -3.44. The van der Waals surface area contributed by atoms with Crippen molar-refractivity contribution in [3.8, 4) is 0 Å². The summed E-state index contributed by atoms with van der Waals surface area (Å²) in [7, 11) is -7.14. The predicted octanol–water partition coefficient (Wildman–Crippen LogP) is 4.15. The standard InChI is InChI=1S/C33H39F4N5O5S2/c1-48(44,45)28-9-12-41(13-10-28)49(46,47)42-14-11-38-19-27(42)3-2-4-29-31(37)20-39-21-32(29)40-33(43)18-30(22-5-7-24(34)8-6-22)23-15-25(35)17-26(36)16-23/h5-8,15-17,20-21,27-28,30,38H,2-4,9-14,18-19H2,1H3,(H,40,43)/t27-,30-/m0/s1. The highest BCUT2D eigenvalue weighted by Gasteiger charge is 2.39. The maximum Gasteiger partial charge on any atom is 0.282 e. The molecule has 5 rings (SSSR count). The number of anilines is 1. The van der Waals surface area contributed by atoms with Crippen LogP contribution < -0.4 is 10.6 Å². The van der Waals surface area contributed by atoms with Crippen LogP contribution in [0.3, 0.4) is 0 Å². The number of aromatic nitrogens is 1. The first kappa shape index (κ1) is 36.8. The number of sulfone groups is 1. The van der Waals surface area contributed by atoms with E-state index in [-0.39, 0.29) is 62.1 Å². The van der Waals surface area contributed by atoms with Gasteiger partial charge in [-0.25, -0.2) is 26.0 Å². The van der Waals surface area contributed by atoms with E-state index in [2.05, 4.69) is 15.6 Å². The molecule has 2 aliphatic heterocycles. The van der Waals surface area contributed by atoms with Crippen LogP contribution in [0, 0.1) is 23.3 Å². The Morgan fingerprint density at radius 3 is 2.27 bits per heavy atom. The van der Waals surface area contributed by atoms with E-state index < -0.39 is 66.4 Å². The second-order valence-corrected chi connectivity index (χ2v) is 16.7. The van der Waals surface area contributed by atoms with Crippen molar-refractivity contribution in [2.75, 3.05) is 44.3 Å². The van der Waals surface area contributed by atoms with Crippen molar-refractivity contribution < 1.29 is 39.2 Å². The number of nitrogens with zero attached hydrogens (tertiary/aromatic N) is 3. The summed E-state index contributed by atoms with van der Waals surface area (Å²) in [5, 5.41) is 5.31. The van der Waals surface area contributed by atoms with Gasteiger partial charge < -0.3 is 10.6 Å². The Morgan fingerprint density at radius 1 is 0.939 bits per heavy atom. The molecule has 0 saturated carbocycles. The summed E-state index contributed by atoms with van der Waals surface area (Å²) in [4.78, 5) is 17.2. The molecule has 266 valence electrons. The molecule has 0 bridgehead atoms. The Labute approximate surface area is 284 Å². The second-order valence-electron chi connectivity index (χ2n) is 12.5. The number of carbonyl (C=O) groups excluding carboxylic acids is 1. The van der Waals surface area contributed by atoms with Crippen LogP contribution in [0.5, 0.6) is 0 Å². The molecule has 2 atom stereocenters. The molecule has 2 aliphatic rings. The average Bonchev–Trinajstić information content (AvgIpc) is 3.05. The van der Waals surface area contributed by atoms with Gasteiger partial charge in [-0.2, -0.15) is 17.0 Å². The third-order valence-electron chi connectivity index (χ3n) is 9.12. The van der Waals surface area contributed by atoms with Crippen LogP contribution in [0.25, 0.3) is 0 Å². The fourth-order valence-corrected chi connectivity index (χ4v) is 9.47. The van der Waals surface area contributed by atoms with Crippen molar-refractivity contribution in [2.24, 2.45) is 0 Å². The monoisotopic (exact) mass is 725 g/mol. The van der Waals surface area contributed by atoms with Gasteiger partial charge in [0.15, 0.2) is 0 Å². The number of carbonyl (C=O) groups is 1. The van der Waals surface area contributed by atoms with E-state index in [4.69, 9.17) is 0 Å². The minimum Gasteiger partial charge on any atom is -0.324 e. The van der Waals surface area contributed by atoms with Gasteiger partial charge in [-0.3, -0.25) is 9.78 Å². The summed E-state index contributed by atoms with van der Waals surface area (Å²) < 4.78 is 111. The van der Waals surface area contributed by atoms with Crippen molar-refractivity contribution >= 4 is 31.6 Å². The largest absolute Gasteiger partial charge is 0.324 e. The Bertz CT molecular complexity index is 1840. The van der Waals surface area contributed by atoms with Crippen molar-refractivity contribution in [3.63, 3.8) is 0 Å². The highest BCUT2D eigenvalue weighted by atomic mass is 32.2. The van der Waals surface area contributed by atoms with Crippen LogP contribution in [-0.2, 0) is 31.3 Å². The first-order valence-corrected chi connectivity index (χ1v) is 19.4. The minimum atomic E-state index is -3.87. The number of amides is 1. The van der Waals surface area contributed by atoms with Gasteiger partial charge in [-0.05, 0) is 67.5 Å². The first-order chi connectivity index (χ1) is 23.2. The summed E-state index contributed by atoms with van der Waals surface area (Å²) >= 11 is 0. The summed E-state index contributed by atoms with van der Waals surface area (Å²) in [5.41, 5.74) is 0.879. The zero-order valence-corrected chi connectivity index (χ0v) is 28.6. The second kappa shape index (κ2) is 15.6. The predicted molar refractivity (Wildman–Crippen MR) is 177 cm³/mol. The summed E-state index contributed by atoms with van der Waals surface area (Å²) in [6.45, 7) is 1.28. The lowest BCUT2D eigenvalue weighted by Gasteiger charge is -2.40. The number of rotatable bonds is 12. The van der Waals surface area contributed by atoms with Crippen molar-refractivity contribution in [3.05, 3.63) is 94.8 Å². The summed E-state index contributed by atoms with van der Waals surface area (Å²) in [6.07, 6.45) is 4.51. The van der Waals surface area contributed by atoms with Crippen molar-refractivity contribution in [2.45, 2.75) is 55.7 Å². The molecular formula is C33H39F4N5O5S2. The van der Waals surface area contributed by atoms with Crippen molar-refractivity contribution in [1.82, 2.24) is 18.9 Å². The molecule has 3 heterocycles. The van der Waals surface area contributed by atoms with Crippen LogP contribution in [0.1, 0.15) is 54.7 Å². The number of nitrogens with one attached hydrogen (secondary N) is 2. The van der Waals surface area contributed by atoms with E-state index in [1.54, 1.807) is 0 Å². The minimum absolute atomic E-state index is 0.105. The normalized spacial score (nSPS) is 19.1. The van der Waals surface area contributed by atoms with E-state index in [0.717, 1.165) is 24.6 Å². The molecule has 1 aromatic heterocycles. The zero-order valence-electron chi connectivity index (χ0n) is 26.9. The van der Waals surface area contributed by atoms with Crippen LogP contribution in [0.4, 0.5) is 23.2 Å². The highest BCUT2D eigenvalue weighted by Crippen LogP contribution is 2.31. The molecule has 16 heteroatoms. The van der Waals surface area contributed by atoms with Crippen molar-refractivity contribution in [1.29, 1.82) is 0 Å². The first-order valence-electron chi connectivity index (χ1n) is 16.0. The molecular weight excluding hydrogens is 687 g/mol. The van der Waals surface area contributed by atoms with Gasteiger partial charge in [0.2, 0.25) is 5.91 Å². The number of piperazine rings is 1. The SMILES string of the molecule is CS(=O)(=O)C1CCN(S(=O)(=O)N2CCNC[C@@H]2CCCc2c(F)cncc2NC(=O)C[C@@H](c2ccc(F)cc2)c2cc(F)cc(F)c2)CC1. The molecule has 2 aromatic carbocycles. The molecule has 0 spiro atoms. The molecule has 3 aromatic rings. The third kappa shape index (κ3) is 9.22. The summed E-state index contributed by atoms with van der Waals surface area (Å²) in [6, 6.07) is 7.68. The fourth-order valence-electron chi connectivity index (χ4n) is 6.56. The molecule has 2 saturated heterocycles. The number of hydrogen-bond acceptors (Lipinski definition) is 7. The lowest BCUT2D eigenvalue weighted by atomic mass is 9.88. The van der Waals surface area contributed by atoms with E-state index in [0.29, 0.717) is 37.6 Å². The molecule has 0 radical (unpaired) electrons. The van der Waals surface area contributed by atoms with Gasteiger partial charge in [-0.1, -0.05) is 12.1 Å². The Balaban J connectivity index is 1.26. The topological polar surface area (TPSA) is 129 Å². The van der Waals surface area contributed by atoms with Crippen LogP contribution in [-0.4, -0.2) is 86.6 Å². The third-order valence-corrected chi connectivity index (χ3v) is 12.9. The van der Waals surface area contributed by atoms with Gasteiger partial charge >= 0.3 is 0 Å². The van der Waals surface area contributed by atoms with E-state index in [1.165, 1.54) is 39.1 Å². The highest BCUT2D eigenvalue weighted by molar-refractivity contribution is 7.91. The van der Waals surface area contributed by atoms with E-state index >= 15 is 4.39 Å². The number of hydrogen-bond donors (Lipinski definition) is 2. The molecule has 0 unspecified atom stereocenters. The fraction of sp³-hybridized carbons (Fsp3) is 0.455. The van der Waals surface area contributed by atoms with Gasteiger partial charge in [0.1, 0.15) is 33.1 Å². The van der Waals surface area contributed by atoms with Gasteiger partial charge in [0, 0.05) is 69.0 Å². The van der Waals surface area contributed by atoms with Crippen LogP contribution in [0.2, 0.25) is 0 Å². The number of benzene rings is 2. The number of piperidine rings is 1. The van der Waals surface area contributed by atoms with Gasteiger partial charge in [0.05, 0.1) is 23.3 Å². The van der Waals surface area contributed by atoms with E-state index in [1.807, 2.05) is 0 Å². The number of halogens is 4. The molecule has 1 amide bonds. The van der Waals surface area contributed by atoms with Crippen LogP contribution in [0.15, 0.2) is 54.9 Å². The van der Waals surface area contributed by atoms with Gasteiger partial charge in [0.25, 0.3) is 10.2 Å². The maximum atomic E-state index is 15.1. The molecule has 0 aliphatic carbocycles. The maximum absolute atomic E-state index is 15.1. The average molecular weight is 726 g/mol. The lowest BCUT2D eigenvalue weighted by Crippen LogP contribution is -2.58. The van der Waals surface area contributed by atoms with Gasteiger partial charge in [-0.15, -0.1) is 0 Å². The Morgan fingerprint density at radius 2 is 1.61 bits per heavy atom. The molecule has 49 heavy (non-hydrogen) atoms. The molecule has 2 N–H and O–H groups in total. The summed E-state index contributed by atoms with van der Waals surface area (Å²) in [5.74, 6) is -4.31. The smallest absolute Gasteiger partial charge is 0.282 e. The molecule has 2 fully saturated rings. The molecule has 10 nitrogen and oxygen atoms in total. The zero-order chi connectivity index (χ0) is 35.3. The quantitative estimate of drug-likeness (QED) is 0.269.